The van der Waals surface area contributed by atoms with Crippen LogP contribution in [0.15, 0.2) is 23.1 Å². The van der Waals surface area contributed by atoms with Gasteiger partial charge in [-0.2, -0.15) is 0 Å². The molecule has 1 aromatic carbocycles. The molecule has 0 spiro atoms. The fourth-order valence-corrected chi connectivity index (χ4v) is 3.07. The molecule has 98 valence electrons. The second kappa shape index (κ2) is 5.21. The number of rotatable bonds is 2. The standard InChI is InChI=1S/C13H15BrFNOS/c1-13(2,14)12(17)16-10-5-6-18-11-4-3-8(15)7-9(10)11/h3-4,7,10H,5-6H2,1-2H3,(H,16,17). The van der Waals surface area contributed by atoms with Gasteiger partial charge >= 0.3 is 0 Å². The van der Waals surface area contributed by atoms with Crippen LogP contribution in [-0.2, 0) is 4.79 Å². The van der Waals surface area contributed by atoms with Crippen LogP contribution in [0.5, 0.6) is 0 Å². The second-order valence-corrected chi connectivity index (χ2v) is 7.94. The van der Waals surface area contributed by atoms with E-state index in [4.69, 9.17) is 0 Å². The minimum Gasteiger partial charge on any atom is -0.348 e. The molecule has 1 atom stereocenters. The Morgan fingerprint density at radius 3 is 2.94 bits per heavy atom. The Morgan fingerprint density at radius 2 is 2.28 bits per heavy atom. The number of amides is 1. The number of hydrogen-bond donors (Lipinski definition) is 1. The van der Waals surface area contributed by atoms with E-state index in [-0.39, 0.29) is 17.8 Å². The molecule has 0 saturated heterocycles. The van der Waals surface area contributed by atoms with Crippen LogP contribution in [0.25, 0.3) is 0 Å². The van der Waals surface area contributed by atoms with E-state index in [0.717, 1.165) is 22.6 Å². The second-order valence-electron chi connectivity index (χ2n) is 4.82. The summed E-state index contributed by atoms with van der Waals surface area (Å²) in [6.45, 7) is 3.60. The van der Waals surface area contributed by atoms with Crippen LogP contribution in [0.3, 0.4) is 0 Å². The zero-order chi connectivity index (χ0) is 13.3. The lowest BCUT2D eigenvalue weighted by molar-refractivity contribution is -0.123. The van der Waals surface area contributed by atoms with Gasteiger partial charge in [-0.3, -0.25) is 4.79 Å². The van der Waals surface area contributed by atoms with Gasteiger partial charge in [-0.15, -0.1) is 11.8 Å². The number of carbonyl (C=O) groups excluding carboxylic acids is 1. The molecular weight excluding hydrogens is 317 g/mol. The minimum atomic E-state index is -0.606. The van der Waals surface area contributed by atoms with E-state index in [0.29, 0.717) is 0 Å². The molecule has 1 aliphatic heterocycles. The molecule has 18 heavy (non-hydrogen) atoms. The molecule has 1 aliphatic rings. The summed E-state index contributed by atoms with van der Waals surface area (Å²) in [6.07, 6.45) is 0.829. The van der Waals surface area contributed by atoms with Crippen LogP contribution >= 0.6 is 27.7 Å². The molecule has 2 nitrogen and oxygen atoms in total. The number of alkyl halides is 1. The number of fused-ring (bicyclic) bond motifs is 1. The van der Waals surface area contributed by atoms with E-state index in [1.54, 1.807) is 31.7 Å². The van der Waals surface area contributed by atoms with Gasteiger partial charge in [-0.05, 0) is 44.0 Å². The molecule has 5 heteroatoms. The SMILES string of the molecule is CC(C)(Br)C(=O)NC1CCSc2ccc(F)cc21. The lowest BCUT2D eigenvalue weighted by Crippen LogP contribution is -2.40. The first-order chi connectivity index (χ1) is 8.38. The average Bonchev–Trinajstić information content (AvgIpc) is 2.28. The molecular formula is C13H15BrFNOS. The number of hydrogen-bond acceptors (Lipinski definition) is 2. The Hall–Kier alpha value is -0.550. The highest BCUT2D eigenvalue weighted by molar-refractivity contribution is 9.10. The monoisotopic (exact) mass is 331 g/mol. The summed E-state index contributed by atoms with van der Waals surface area (Å²) in [7, 11) is 0. The van der Waals surface area contributed by atoms with Gasteiger partial charge < -0.3 is 5.32 Å². The number of halogens is 2. The van der Waals surface area contributed by atoms with E-state index < -0.39 is 4.32 Å². The highest BCUT2D eigenvalue weighted by Gasteiger charge is 2.29. The molecule has 0 radical (unpaired) electrons. The van der Waals surface area contributed by atoms with Gasteiger partial charge in [0.05, 0.1) is 10.4 Å². The van der Waals surface area contributed by atoms with Crippen molar-refractivity contribution in [2.75, 3.05) is 5.75 Å². The molecule has 1 aromatic rings. The van der Waals surface area contributed by atoms with Crippen LogP contribution in [0.2, 0.25) is 0 Å². The normalized spacial score (nSPS) is 19.2. The highest BCUT2D eigenvalue weighted by Crippen LogP contribution is 2.36. The fraction of sp³-hybridized carbons (Fsp3) is 0.462. The van der Waals surface area contributed by atoms with Gasteiger partial charge in [0, 0.05) is 10.6 Å². The van der Waals surface area contributed by atoms with Gasteiger partial charge in [-0.1, -0.05) is 15.9 Å². The summed E-state index contributed by atoms with van der Waals surface area (Å²) < 4.78 is 12.7. The summed E-state index contributed by atoms with van der Waals surface area (Å²) in [5.74, 6) is 0.606. The maximum atomic E-state index is 13.3. The third-order valence-electron chi connectivity index (χ3n) is 2.86. The Morgan fingerprint density at radius 1 is 1.56 bits per heavy atom. The van der Waals surface area contributed by atoms with Crippen molar-refractivity contribution >= 4 is 33.6 Å². The van der Waals surface area contributed by atoms with E-state index in [9.17, 15) is 9.18 Å². The molecule has 1 unspecified atom stereocenters. The quantitative estimate of drug-likeness (QED) is 0.838. The molecule has 0 aromatic heterocycles. The molecule has 1 amide bonds. The Balaban J connectivity index is 2.22. The van der Waals surface area contributed by atoms with Gasteiger partial charge in [-0.25, -0.2) is 4.39 Å². The summed E-state index contributed by atoms with van der Waals surface area (Å²) in [5, 5.41) is 2.98. The summed E-state index contributed by atoms with van der Waals surface area (Å²) in [4.78, 5) is 13.0. The lowest BCUT2D eigenvalue weighted by Gasteiger charge is -2.28. The predicted molar refractivity (Wildman–Crippen MR) is 75.6 cm³/mol. The first kappa shape index (κ1) is 13.9. The largest absolute Gasteiger partial charge is 0.348 e. The Bertz CT molecular complexity index is 473. The van der Waals surface area contributed by atoms with Gasteiger partial charge in [0.25, 0.3) is 0 Å². The van der Waals surface area contributed by atoms with Crippen LogP contribution in [0.4, 0.5) is 4.39 Å². The molecule has 0 saturated carbocycles. The molecule has 1 N–H and O–H groups in total. The summed E-state index contributed by atoms with van der Waals surface area (Å²) >= 11 is 5.04. The average molecular weight is 332 g/mol. The van der Waals surface area contributed by atoms with Crippen LogP contribution in [0, 0.1) is 5.82 Å². The van der Waals surface area contributed by atoms with Crippen LogP contribution in [-0.4, -0.2) is 16.0 Å². The summed E-state index contributed by atoms with van der Waals surface area (Å²) in [6, 6.07) is 4.67. The zero-order valence-electron chi connectivity index (χ0n) is 10.3. The van der Waals surface area contributed by atoms with E-state index in [2.05, 4.69) is 21.2 Å². The predicted octanol–water partition coefficient (Wildman–Crippen LogP) is 3.65. The van der Waals surface area contributed by atoms with Crippen LogP contribution in [0.1, 0.15) is 31.9 Å². The first-order valence-corrected chi connectivity index (χ1v) is 7.58. The topological polar surface area (TPSA) is 29.1 Å². The van der Waals surface area contributed by atoms with Gasteiger partial charge in [0.2, 0.25) is 5.91 Å². The van der Waals surface area contributed by atoms with Crippen molar-refractivity contribution in [1.29, 1.82) is 0 Å². The number of nitrogens with one attached hydrogen (secondary N) is 1. The van der Waals surface area contributed by atoms with Crippen molar-refractivity contribution in [2.24, 2.45) is 0 Å². The van der Waals surface area contributed by atoms with Crippen molar-refractivity contribution in [1.82, 2.24) is 5.32 Å². The smallest absolute Gasteiger partial charge is 0.236 e. The molecule has 0 fully saturated rings. The maximum absolute atomic E-state index is 13.3. The molecule has 0 aliphatic carbocycles. The highest BCUT2D eigenvalue weighted by atomic mass is 79.9. The molecule has 1 heterocycles. The van der Waals surface area contributed by atoms with Crippen molar-refractivity contribution in [2.45, 2.75) is 35.5 Å². The van der Waals surface area contributed by atoms with E-state index in [1.165, 1.54) is 12.1 Å². The van der Waals surface area contributed by atoms with Gasteiger partial charge in [0.1, 0.15) is 5.82 Å². The Kier molecular flexibility index (Phi) is 4.02. The van der Waals surface area contributed by atoms with Crippen LogP contribution < -0.4 is 5.32 Å². The van der Waals surface area contributed by atoms with Crippen molar-refractivity contribution < 1.29 is 9.18 Å². The number of thioether (sulfide) groups is 1. The third-order valence-corrected chi connectivity index (χ3v) is 4.34. The van der Waals surface area contributed by atoms with Crippen molar-refractivity contribution in [3.8, 4) is 0 Å². The van der Waals surface area contributed by atoms with Crippen molar-refractivity contribution in [3.05, 3.63) is 29.6 Å². The molecule has 2 rings (SSSR count). The Labute approximate surface area is 119 Å². The van der Waals surface area contributed by atoms with Gasteiger partial charge in [0.15, 0.2) is 0 Å². The van der Waals surface area contributed by atoms with Crippen molar-refractivity contribution in [3.63, 3.8) is 0 Å². The molecule has 0 bridgehead atoms. The lowest BCUT2D eigenvalue weighted by atomic mass is 10.0. The summed E-state index contributed by atoms with van der Waals surface area (Å²) in [5.41, 5.74) is 0.886. The van der Waals surface area contributed by atoms with E-state index >= 15 is 0 Å². The van der Waals surface area contributed by atoms with E-state index in [1.807, 2.05) is 0 Å². The number of benzene rings is 1. The first-order valence-electron chi connectivity index (χ1n) is 5.80. The maximum Gasteiger partial charge on any atom is 0.236 e. The number of carbonyl (C=O) groups is 1. The zero-order valence-corrected chi connectivity index (χ0v) is 12.7. The minimum absolute atomic E-state index is 0.0744. The third kappa shape index (κ3) is 3.06. The fourth-order valence-electron chi connectivity index (χ4n) is 1.85.